The Balaban J connectivity index is 2.33. The summed E-state index contributed by atoms with van der Waals surface area (Å²) in [6.45, 7) is 0. The number of carboxylic acids is 1. The van der Waals surface area contributed by atoms with E-state index in [0.717, 1.165) is 11.3 Å². The predicted molar refractivity (Wildman–Crippen MR) is 58.8 cm³/mol. The Morgan fingerprint density at radius 3 is 2.62 bits per heavy atom. The molecule has 1 aromatic heterocycles. The standard InChI is InChI=1S/C12H10N2O2/c15-12(16)7-10-6-11(14-8-13-10)9-4-2-1-3-5-9/h1-6,8H,7H2,(H,15,16). The van der Waals surface area contributed by atoms with E-state index in [4.69, 9.17) is 5.11 Å². The fraction of sp³-hybridized carbons (Fsp3) is 0.0833. The zero-order valence-corrected chi connectivity index (χ0v) is 8.50. The van der Waals surface area contributed by atoms with Crippen LogP contribution < -0.4 is 0 Å². The third-order valence-electron chi connectivity index (χ3n) is 2.13. The molecule has 0 fully saturated rings. The summed E-state index contributed by atoms with van der Waals surface area (Å²) in [6, 6.07) is 11.3. The van der Waals surface area contributed by atoms with Crippen molar-refractivity contribution in [1.29, 1.82) is 0 Å². The van der Waals surface area contributed by atoms with Gasteiger partial charge in [-0.15, -0.1) is 0 Å². The maximum Gasteiger partial charge on any atom is 0.309 e. The molecular weight excluding hydrogens is 204 g/mol. The minimum absolute atomic E-state index is 0.0810. The number of hydrogen-bond acceptors (Lipinski definition) is 3. The van der Waals surface area contributed by atoms with Crippen LogP contribution in [0, 0.1) is 0 Å². The summed E-state index contributed by atoms with van der Waals surface area (Å²) in [5.41, 5.74) is 2.21. The average molecular weight is 214 g/mol. The Hall–Kier alpha value is -2.23. The van der Waals surface area contributed by atoms with E-state index >= 15 is 0 Å². The van der Waals surface area contributed by atoms with Gasteiger partial charge in [-0.1, -0.05) is 30.3 Å². The van der Waals surface area contributed by atoms with Gasteiger partial charge in [0.15, 0.2) is 0 Å². The molecule has 2 aromatic rings. The van der Waals surface area contributed by atoms with Crippen LogP contribution in [0.4, 0.5) is 0 Å². The van der Waals surface area contributed by atoms with Crippen molar-refractivity contribution in [2.45, 2.75) is 6.42 Å². The van der Waals surface area contributed by atoms with E-state index in [9.17, 15) is 4.79 Å². The lowest BCUT2D eigenvalue weighted by Gasteiger charge is -2.01. The van der Waals surface area contributed by atoms with Gasteiger partial charge in [0.1, 0.15) is 6.33 Å². The molecule has 1 heterocycles. The summed E-state index contributed by atoms with van der Waals surface area (Å²) in [5.74, 6) is -0.891. The molecule has 0 saturated heterocycles. The Morgan fingerprint density at radius 1 is 1.19 bits per heavy atom. The topological polar surface area (TPSA) is 63.1 Å². The van der Waals surface area contributed by atoms with Crippen LogP contribution in [-0.2, 0) is 11.2 Å². The summed E-state index contributed by atoms with van der Waals surface area (Å²) < 4.78 is 0. The van der Waals surface area contributed by atoms with Crippen LogP contribution in [0.25, 0.3) is 11.3 Å². The molecule has 0 spiro atoms. The highest BCUT2D eigenvalue weighted by Gasteiger charge is 2.04. The molecule has 0 aliphatic heterocycles. The normalized spacial score (nSPS) is 10.0. The molecule has 0 bridgehead atoms. The number of nitrogens with zero attached hydrogens (tertiary/aromatic N) is 2. The number of carboxylic acid groups (broad SMARTS) is 1. The predicted octanol–water partition coefficient (Wildman–Crippen LogP) is 1.77. The molecule has 0 radical (unpaired) electrons. The molecule has 0 unspecified atom stereocenters. The molecule has 1 N–H and O–H groups in total. The maximum absolute atomic E-state index is 10.6. The van der Waals surface area contributed by atoms with Crippen molar-refractivity contribution in [3.8, 4) is 11.3 Å². The van der Waals surface area contributed by atoms with Crippen molar-refractivity contribution in [2.75, 3.05) is 0 Å². The summed E-state index contributed by atoms with van der Waals surface area (Å²) >= 11 is 0. The first kappa shape index (κ1) is 10.3. The Kier molecular flexibility index (Phi) is 2.91. The monoisotopic (exact) mass is 214 g/mol. The van der Waals surface area contributed by atoms with Crippen molar-refractivity contribution in [2.24, 2.45) is 0 Å². The van der Waals surface area contributed by atoms with Gasteiger partial charge in [0.2, 0.25) is 0 Å². The molecule has 0 aliphatic rings. The van der Waals surface area contributed by atoms with Gasteiger partial charge in [-0.2, -0.15) is 0 Å². The largest absolute Gasteiger partial charge is 0.481 e. The zero-order chi connectivity index (χ0) is 11.4. The number of carbonyl (C=O) groups is 1. The maximum atomic E-state index is 10.6. The lowest BCUT2D eigenvalue weighted by molar-refractivity contribution is -0.136. The molecule has 1 aromatic carbocycles. The molecule has 4 nitrogen and oxygen atoms in total. The lowest BCUT2D eigenvalue weighted by Crippen LogP contribution is -2.02. The molecule has 0 aliphatic carbocycles. The summed E-state index contributed by atoms with van der Waals surface area (Å²) in [6.07, 6.45) is 1.31. The fourth-order valence-electron chi connectivity index (χ4n) is 1.42. The van der Waals surface area contributed by atoms with Gasteiger partial charge in [0.05, 0.1) is 17.8 Å². The summed E-state index contributed by atoms with van der Waals surface area (Å²) in [7, 11) is 0. The highest BCUT2D eigenvalue weighted by molar-refractivity contribution is 5.70. The smallest absolute Gasteiger partial charge is 0.309 e. The van der Waals surface area contributed by atoms with Gasteiger partial charge in [-0.05, 0) is 6.07 Å². The lowest BCUT2D eigenvalue weighted by atomic mass is 10.1. The zero-order valence-electron chi connectivity index (χ0n) is 8.50. The van der Waals surface area contributed by atoms with Crippen molar-refractivity contribution in [3.63, 3.8) is 0 Å². The number of benzene rings is 1. The summed E-state index contributed by atoms with van der Waals surface area (Å²) in [5, 5.41) is 8.67. The van der Waals surface area contributed by atoms with E-state index in [2.05, 4.69) is 9.97 Å². The first-order chi connectivity index (χ1) is 7.75. The van der Waals surface area contributed by atoms with Gasteiger partial charge in [-0.25, -0.2) is 9.97 Å². The molecule has 0 saturated carbocycles. The van der Waals surface area contributed by atoms with Crippen molar-refractivity contribution >= 4 is 5.97 Å². The van der Waals surface area contributed by atoms with E-state index in [1.807, 2.05) is 30.3 Å². The van der Waals surface area contributed by atoms with Gasteiger partial charge in [0, 0.05) is 5.56 Å². The molecule has 4 heteroatoms. The first-order valence-electron chi connectivity index (χ1n) is 4.84. The highest BCUT2D eigenvalue weighted by atomic mass is 16.4. The third kappa shape index (κ3) is 2.42. The fourth-order valence-corrected chi connectivity index (χ4v) is 1.42. The molecule has 2 rings (SSSR count). The van der Waals surface area contributed by atoms with Gasteiger partial charge < -0.3 is 5.11 Å². The highest BCUT2D eigenvalue weighted by Crippen LogP contribution is 2.16. The van der Waals surface area contributed by atoms with Crippen LogP contribution in [0.2, 0.25) is 0 Å². The van der Waals surface area contributed by atoms with E-state index in [1.165, 1.54) is 6.33 Å². The number of aliphatic carboxylic acids is 1. The first-order valence-corrected chi connectivity index (χ1v) is 4.84. The van der Waals surface area contributed by atoms with Crippen LogP contribution >= 0.6 is 0 Å². The Morgan fingerprint density at radius 2 is 1.94 bits per heavy atom. The summed E-state index contributed by atoms with van der Waals surface area (Å²) in [4.78, 5) is 18.6. The van der Waals surface area contributed by atoms with E-state index in [0.29, 0.717) is 5.69 Å². The van der Waals surface area contributed by atoms with E-state index in [1.54, 1.807) is 6.07 Å². The Labute approximate surface area is 92.6 Å². The van der Waals surface area contributed by atoms with Crippen LogP contribution in [-0.4, -0.2) is 21.0 Å². The molecular formula is C12H10N2O2. The minimum Gasteiger partial charge on any atom is -0.481 e. The van der Waals surface area contributed by atoms with Crippen molar-refractivity contribution < 1.29 is 9.90 Å². The Bertz CT molecular complexity index is 497. The van der Waals surface area contributed by atoms with Gasteiger partial charge >= 0.3 is 5.97 Å². The van der Waals surface area contributed by atoms with Gasteiger partial charge in [0.25, 0.3) is 0 Å². The number of rotatable bonds is 3. The van der Waals surface area contributed by atoms with Crippen LogP contribution in [0.15, 0.2) is 42.7 Å². The minimum atomic E-state index is -0.891. The number of hydrogen-bond donors (Lipinski definition) is 1. The van der Waals surface area contributed by atoms with Crippen molar-refractivity contribution in [1.82, 2.24) is 9.97 Å². The van der Waals surface area contributed by atoms with E-state index < -0.39 is 5.97 Å². The average Bonchev–Trinajstić information content (AvgIpc) is 2.30. The third-order valence-corrected chi connectivity index (χ3v) is 2.13. The molecule has 0 amide bonds. The van der Waals surface area contributed by atoms with Crippen molar-refractivity contribution in [3.05, 3.63) is 48.4 Å². The number of aromatic nitrogens is 2. The SMILES string of the molecule is O=C(O)Cc1cc(-c2ccccc2)ncn1. The quantitative estimate of drug-likeness (QED) is 0.845. The second-order valence-electron chi connectivity index (χ2n) is 3.33. The molecule has 80 valence electrons. The van der Waals surface area contributed by atoms with Gasteiger partial charge in [-0.3, -0.25) is 4.79 Å². The second kappa shape index (κ2) is 4.53. The van der Waals surface area contributed by atoms with Crippen LogP contribution in [0.1, 0.15) is 5.69 Å². The molecule has 0 atom stereocenters. The molecule has 16 heavy (non-hydrogen) atoms. The second-order valence-corrected chi connectivity index (χ2v) is 3.33. The van der Waals surface area contributed by atoms with Crippen LogP contribution in [0.5, 0.6) is 0 Å². The van der Waals surface area contributed by atoms with Crippen LogP contribution in [0.3, 0.4) is 0 Å². The van der Waals surface area contributed by atoms with E-state index in [-0.39, 0.29) is 6.42 Å².